The molecule has 2 saturated heterocycles. The number of hydrogen-bond acceptors (Lipinski definition) is 4. The Balaban J connectivity index is 1.57. The lowest BCUT2D eigenvalue weighted by Gasteiger charge is -2.36. The van der Waals surface area contributed by atoms with E-state index in [1.807, 2.05) is 17.0 Å². The fourth-order valence-electron chi connectivity index (χ4n) is 3.18. The molecule has 23 heavy (non-hydrogen) atoms. The lowest BCUT2D eigenvalue weighted by Crippen LogP contribution is -2.54. The normalized spacial score (nSPS) is 21.3. The molecular weight excluding hydrogens is 294 g/mol. The van der Waals surface area contributed by atoms with E-state index in [4.69, 9.17) is 4.74 Å². The highest BCUT2D eigenvalue weighted by Crippen LogP contribution is 2.16. The molecule has 2 heterocycles. The van der Waals surface area contributed by atoms with Gasteiger partial charge < -0.3 is 19.9 Å². The van der Waals surface area contributed by atoms with Crippen LogP contribution in [0.15, 0.2) is 24.3 Å². The zero-order valence-corrected chi connectivity index (χ0v) is 13.5. The Morgan fingerprint density at radius 1 is 1.17 bits per heavy atom. The Morgan fingerprint density at radius 3 is 2.57 bits per heavy atom. The standard InChI is InChI=1S/C17H23N3O3/c1-23-14-5-2-4-13(12-14)16(21)19-8-10-20(11-9-19)17(22)15-6-3-7-18-15/h2,4-5,12,15,18H,3,6-11H2,1H3. The molecule has 0 spiro atoms. The summed E-state index contributed by atoms with van der Waals surface area (Å²) in [4.78, 5) is 28.6. The largest absolute Gasteiger partial charge is 0.497 e. The van der Waals surface area contributed by atoms with Crippen molar-refractivity contribution < 1.29 is 14.3 Å². The number of rotatable bonds is 3. The third kappa shape index (κ3) is 3.47. The molecule has 1 N–H and O–H groups in total. The predicted octanol–water partition coefficient (Wildman–Crippen LogP) is 0.732. The number of carbonyl (C=O) groups excluding carboxylic acids is 2. The van der Waals surface area contributed by atoms with Crippen molar-refractivity contribution in [3.63, 3.8) is 0 Å². The van der Waals surface area contributed by atoms with E-state index >= 15 is 0 Å². The lowest BCUT2D eigenvalue weighted by atomic mass is 10.1. The van der Waals surface area contributed by atoms with Gasteiger partial charge in [-0.3, -0.25) is 9.59 Å². The summed E-state index contributed by atoms with van der Waals surface area (Å²) in [6.45, 7) is 3.28. The van der Waals surface area contributed by atoms with Gasteiger partial charge in [-0.15, -0.1) is 0 Å². The first kappa shape index (κ1) is 15.8. The molecule has 124 valence electrons. The molecule has 3 rings (SSSR count). The zero-order valence-electron chi connectivity index (χ0n) is 13.5. The number of benzene rings is 1. The van der Waals surface area contributed by atoms with Crippen molar-refractivity contribution in [2.75, 3.05) is 39.8 Å². The Labute approximate surface area is 136 Å². The molecule has 1 unspecified atom stereocenters. The second-order valence-electron chi connectivity index (χ2n) is 6.00. The Kier molecular flexibility index (Phi) is 4.81. The highest BCUT2D eigenvalue weighted by molar-refractivity contribution is 5.94. The summed E-state index contributed by atoms with van der Waals surface area (Å²) in [6.07, 6.45) is 1.98. The summed E-state index contributed by atoms with van der Waals surface area (Å²) in [5.41, 5.74) is 0.626. The topological polar surface area (TPSA) is 61.9 Å². The van der Waals surface area contributed by atoms with Gasteiger partial charge in [0.2, 0.25) is 5.91 Å². The van der Waals surface area contributed by atoms with Gasteiger partial charge in [0.1, 0.15) is 5.75 Å². The molecule has 0 saturated carbocycles. The van der Waals surface area contributed by atoms with Crippen LogP contribution >= 0.6 is 0 Å². The van der Waals surface area contributed by atoms with Crippen LogP contribution in [0.1, 0.15) is 23.2 Å². The molecule has 1 atom stereocenters. The fourth-order valence-corrected chi connectivity index (χ4v) is 3.18. The first-order chi connectivity index (χ1) is 11.2. The number of amides is 2. The number of methoxy groups -OCH3 is 1. The van der Waals surface area contributed by atoms with Crippen molar-refractivity contribution >= 4 is 11.8 Å². The monoisotopic (exact) mass is 317 g/mol. The van der Waals surface area contributed by atoms with Crippen LogP contribution in [0.2, 0.25) is 0 Å². The highest BCUT2D eigenvalue weighted by atomic mass is 16.5. The van der Waals surface area contributed by atoms with Crippen LogP contribution in [0.25, 0.3) is 0 Å². The molecule has 1 aromatic rings. The van der Waals surface area contributed by atoms with Crippen molar-refractivity contribution in [1.82, 2.24) is 15.1 Å². The minimum Gasteiger partial charge on any atom is -0.497 e. The summed E-state index contributed by atoms with van der Waals surface area (Å²) in [5.74, 6) is 0.850. The van der Waals surface area contributed by atoms with E-state index in [2.05, 4.69) is 5.32 Å². The van der Waals surface area contributed by atoms with Gasteiger partial charge in [0, 0.05) is 31.7 Å². The van der Waals surface area contributed by atoms with Crippen LogP contribution in [0.3, 0.4) is 0 Å². The van der Waals surface area contributed by atoms with E-state index in [-0.39, 0.29) is 17.9 Å². The van der Waals surface area contributed by atoms with Gasteiger partial charge in [-0.05, 0) is 37.6 Å². The van der Waals surface area contributed by atoms with E-state index in [0.29, 0.717) is 37.5 Å². The summed E-state index contributed by atoms with van der Waals surface area (Å²) in [6, 6.07) is 7.16. The Morgan fingerprint density at radius 2 is 1.91 bits per heavy atom. The molecule has 2 aliphatic rings. The van der Waals surface area contributed by atoms with Crippen LogP contribution < -0.4 is 10.1 Å². The van der Waals surface area contributed by atoms with E-state index in [0.717, 1.165) is 19.4 Å². The van der Waals surface area contributed by atoms with Crippen molar-refractivity contribution in [3.8, 4) is 5.75 Å². The van der Waals surface area contributed by atoms with Gasteiger partial charge >= 0.3 is 0 Å². The maximum absolute atomic E-state index is 12.6. The molecule has 0 aliphatic carbocycles. The van der Waals surface area contributed by atoms with Crippen molar-refractivity contribution in [3.05, 3.63) is 29.8 Å². The van der Waals surface area contributed by atoms with E-state index in [1.165, 1.54) is 0 Å². The SMILES string of the molecule is COc1cccc(C(=O)N2CCN(C(=O)C3CCCN3)CC2)c1. The Hall–Kier alpha value is -2.08. The quantitative estimate of drug-likeness (QED) is 0.893. The van der Waals surface area contributed by atoms with Crippen LogP contribution in [0.4, 0.5) is 0 Å². The third-order valence-electron chi connectivity index (χ3n) is 4.55. The average molecular weight is 317 g/mol. The smallest absolute Gasteiger partial charge is 0.254 e. The maximum atomic E-state index is 12.6. The second kappa shape index (κ2) is 7.00. The summed E-state index contributed by atoms with van der Waals surface area (Å²) < 4.78 is 5.17. The van der Waals surface area contributed by atoms with Gasteiger partial charge in [0.25, 0.3) is 5.91 Å². The predicted molar refractivity (Wildman–Crippen MR) is 86.5 cm³/mol. The highest BCUT2D eigenvalue weighted by Gasteiger charge is 2.30. The number of hydrogen-bond donors (Lipinski definition) is 1. The third-order valence-corrected chi connectivity index (χ3v) is 4.55. The minimum absolute atomic E-state index is 0.00464. The van der Waals surface area contributed by atoms with Crippen LogP contribution in [-0.2, 0) is 4.79 Å². The number of piperazine rings is 1. The molecule has 2 aliphatic heterocycles. The van der Waals surface area contributed by atoms with Crippen molar-refractivity contribution in [1.29, 1.82) is 0 Å². The summed E-state index contributed by atoms with van der Waals surface area (Å²) in [7, 11) is 1.59. The summed E-state index contributed by atoms with van der Waals surface area (Å²) >= 11 is 0. The second-order valence-corrected chi connectivity index (χ2v) is 6.00. The molecule has 0 radical (unpaired) electrons. The Bertz CT molecular complexity index is 576. The molecule has 2 fully saturated rings. The maximum Gasteiger partial charge on any atom is 0.254 e. The van der Waals surface area contributed by atoms with Crippen molar-refractivity contribution in [2.45, 2.75) is 18.9 Å². The van der Waals surface area contributed by atoms with Gasteiger partial charge in [-0.1, -0.05) is 6.07 Å². The van der Waals surface area contributed by atoms with Gasteiger partial charge in [-0.2, -0.15) is 0 Å². The van der Waals surface area contributed by atoms with Crippen LogP contribution in [0, 0.1) is 0 Å². The van der Waals surface area contributed by atoms with Gasteiger partial charge in [0.15, 0.2) is 0 Å². The van der Waals surface area contributed by atoms with Crippen LogP contribution in [-0.4, -0.2) is 67.5 Å². The minimum atomic E-state index is -0.0318. The van der Waals surface area contributed by atoms with Gasteiger partial charge in [-0.25, -0.2) is 0 Å². The van der Waals surface area contributed by atoms with E-state index in [9.17, 15) is 9.59 Å². The van der Waals surface area contributed by atoms with Crippen LogP contribution in [0.5, 0.6) is 5.75 Å². The molecule has 1 aromatic carbocycles. The molecule has 6 heteroatoms. The van der Waals surface area contributed by atoms with Crippen molar-refractivity contribution in [2.24, 2.45) is 0 Å². The lowest BCUT2D eigenvalue weighted by molar-refractivity contribution is -0.134. The first-order valence-corrected chi connectivity index (χ1v) is 8.14. The number of carbonyl (C=O) groups is 2. The first-order valence-electron chi connectivity index (χ1n) is 8.14. The molecular formula is C17H23N3O3. The average Bonchev–Trinajstić information content (AvgIpc) is 3.15. The molecule has 0 bridgehead atoms. The zero-order chi connectivity index (χ0) is 16.2. The number of nitrogens with zero attached hydrogens (tertiary/aromatic N) is 2. The van der Waals surface area contributed by atoms with E-state index < -0.39 is 0 Å². The molecule has 2 amide bonds. The molecule has 6 nitrogen and oxygen atoms in total. The summed E-state index contributed by atoms with van der Waals surface area (Å²) in [5, 5.41) is 3.24. The molecule has 0 aromatic heterocycles. The fraction of sp³-hybridized carbons (Fsp3) is 0.529. The number of ether oxygens (including phenoxy) is 1. The number of nitrogens with one attached hydrogen (secondary N) is 1. The van der Waals surface area contributed by atoms with E-state index in [1.54, 1.807) is 24.1 Å². The van der Waals surface area contributed by atoms with Gasteiger partial charge in [0.05, 0.1) is 13.2 Å².